The van der Waals surface area contributed by atoms with Crippen molar-refractivity contribution in [3.05, 3.63) is 18.6 Å². The van der Waals surface area contributed by atoms with Crippen LogP contribution in [0.3, 0.4) is 0 Å². The molecule has 0 aliphatic heterocycles. The lowest BCUT2D eigenvalue weighted by Crippen LogP contribution is -2.19. The summed E-state index contributed by atoms with van der Waals surface area (Å²) in [5, 5.41) is 3.43. The van der Waals surface area contributed by atoms with Gasteiger partial charge in [0.1, 0.15) is 12.1 Å². The molecule has 0 fully saturated rings. The highest BCUT2D eigenvalue weighted by atomic mass is 15.0. The highest BCUT2D eigenvalue weighted by Gasteiger charge is 2.05. The van der Waals surface area contributed by atoms with Crippen molar-refractivity contribution in [2.24, 2.45) is 0 Å². The zero-order valence-electron chi connectivity index (χ0n) is 9.03. The van der Waals surface area contributed by atoms with E-state index in [0.29, 0.717) is 6.04 Å². The van der Waals surface area contributed by atoms with Gasteiger partial charge in [0.15, 0.2) is 0 Å². The van der Waals surface area contributed by atoms with Crippen molar-refractivity contribution in [3.8, 4) is 0 Å². The Morgan fingerprint density at radius 3 is 2.50 bits per heavy atom. The van der Waals surface area contributed by atoms with Crippen LogP contribution in [0.5, 0.6) is 0 Å². The maximum Gasteiger partial charge on any atom is 0.129 e. The minimum absolute atomic E-state index is 0.555. The maximum atomic E-state index is 4.16. The SMILES string of the molecule is CCCC(CCC)Nc1ccncn1. The molecule has 3 heteroatoms. The summed E-state index contributed by atoms with van der Waals surface area (Å²) < 4.78 is 0. The van der Waals surface area contributed by atoms with Crippen LogP contribution in [0.2, 0.25) is 0 Å². The first-order chi connectivity index (χ1) is 6.86. The average Bonchev–Trinajstić information content (AvgIpc) is 2.20. The predicted octanol–water partition coefficient (Wildman–Crippen LogP) is 2.86. The molecule has 1 rings (SSSR count). The van der Waals surface area contributed by atoms with E-state index in [1.807, 2.05) is 6.07 Å². The second kappa shape index (κ2) is 6.35. The molecule has 3 nitrogen and oxygen atoms in total. The molecule has 1 aromatic rings. The van der Waals surface area contributed by atoms with Gasteiger partial charge in [0.2, 0.25) is 0 Å². The van der Waals surface area contributed by atoms with Gasteiger partial charge in [-0.15, -0.1) is 0 Å². The molecule has 1 N–H and O–H groups in total. The van der Waals surface area contributed by atoms with Gasteiger partial charge < -0.3 is 5.32 Å². The van der Waals surface area contributed by atoms with Crippen LogP contribution in [0.4, 0.5) is 5.82 Å². The Morgan fingerprint density at radius 1 is 1.29 bits per heavy atom. The monoisotopic (exact) mass is 193 g/mol. The van der Waals surface area contributed by atoms with E-state index in [2.05, 4.69) is 29.1 Å². The van der Waals surface area contributed by atoms with Crippen LogP contribution in [0.15, 0.2) is 18.6 Å². The minimum Gasteiger partial charge on any atom is -0.367 e. The Kier molecular flexibility index (Phi) is 4.97. The number of nitrogens with one attached hydrogen (secondary N) is 1. The number of aromatic nitrogens is 2. The number of rotatable bonds is 6. The molecule has 0 atom stereocenters. The zero-order chi connectivity index (χ0) is 10.2. The molecule has 0 aliphatic carbocycles. The van der Waals surface area contributed by atoms with Crippen molar-refractivity contribution in [3.63, 3.8) is 0 Å². The fourth-order valence-corrected chi connectivity index (χ4v) is 1.57. The summed E-state index contributed by atoms with van der Waals surface area (Å²) in [5.41, 5.74) is 0. The fourth-order valence-electron chi connectivity index (χ4n) is 1.57. The molecule has 0 aliphatic rings. The number of hydrogen-bond acceptors (Lipinski definition) is 3. The highest BCUT2D eigenvalue weighted by molar-refractivity contribution is 5.32. The van der Waals surface area contributed by atoms with Crippen molar-refractivity contribution in [1.82, 2.24) is 9.97 Å². The molecule has 0 unspecified atom stereocenters. The molecule has 0 bridgehead atoms. The Balaban J connectivity index is 2.46. The Morgan fingerprint density at radius 2 is 2.00 bits per heavy atom. The lowest BCUT2D eigenvalue weighted by Gasteiger charge is -2.17. The standard InChI is InChI=1S/C11H19N3/c1-3-5-10(6-4-2)14-11-7-8-12-9-13-11/h7-10H,3-6H2,1-2H3,(H,12,13,14). The van der Waals surface area contributed by atoms with Crippen LogP contribution in [0.25, 0.3) is 0 Å². The topological polar surface area (TPSA) is 37.8 Å². The third kappa shape index (κ3) is 3.73. The van der Waals surface area contributed by atoms with Crippen molar-refractivity contribution >= 4 is 5.82 Å². The van der Waals surface area contributed by atoms with E-state index in [-0.39, 0.29) is 0 Å². The second-order valence-corrected chi connectivity index (χ2v) is 3.51. The molecule has 14 heavy (non-hydrogen) atoms. The molecule has 78 valence electrons. The Hall–Kier alpha value is -1.12. The molecular weight excluding hydrogens is 174 g/mol. The Bertz CT molecular complexity index is 230. The normalized spacial score (nSPS) is 10.5. The van der Waals surface area contributed by atoms with Gasteiger partial charge in [-0.2, -0.15) is 0 Å². The fraction of sp³-hybridized carbons (Fsp3) is 0.636. The molecule has 0 aromatic carbocycles. The Labute approximate surface area is 86.0 Å². The summed E-state index contributed by atoms with van der Waals surface area (Å²) >= 11 is 0. The maximum absolute atomic E-state index is 4.16. The summed E-state index contributed by atoms with van der Waals surface area (Å²) in [6.45, 7) is 4.43. The lowest BCUT2D eigenvalue weighted by atomic mass is 10.1. The van der Waals surface area contributed by atoms with Crippen molar-refractivity contribution in [1.29, 1.82) is 0 Å². The van der Waals surface area contributed by atoms with Gasteiger partial charge in [-0.05, 0) is 18.9 Å². The van der Waals surface area contributed by atoms with E-state index in [1.165, 1.54) is 25.7 Å². The molecule has 1 aromatic heterocycles. The smallest absolute Gasteiger partial charge is 0.129 e. The van der Waals surface area contributed by atoms with Crippen LogP contribution in [-0.4, -0.2) is 16.0 Å². The van der Waals surface area contributed by atoms with Gasteiger partial charge >= 0.3 is 0 Å². The van der Waals surface area contributed by atoms with E-state index in [9.17, 15) is 0 Å². The number of anilines is 1. The first kappa shape index (κ1) is 11.0. The quantitative estimate of drug-likeness (QED) is 0.755. The first-order valence-electron chi connectivity index (χ1n) is 5.39. The van der Waals surface area contributed by atoms with Crippen molar-refractivity contribution < 1.29 is 0 Å². The van der Waals surface area contributed by atoms with E-state index < -0.39 is 0 Å². The third-order valence-corrected chi connectivity index (χ3v) is 2.21. The van der Waals surface area contributed by atoms with Gasteiger partial charge in [0.25, 0.3) is 0 Å². The largest absolute Gasteiger partial charge is 0.367 e. The first-order valence-corrected chi connectivity index (χ1v) is 5.39. The highest BCUT2D eigenvalue weighted by Crippen LogP contribution is 2.10. The van der Waals surface area contributed by atoms with Crippen LogP contribution in [0, 0.1) is 0 Å². The van der Waals surface area contributed by atoms with E-state index in [1.54, 1.807) is 12.5 Å². The van der Waals surface area contributed by atoms with Crippen molar-refractivity contribution in [2.75, 3.05) is 5.32 Å². The number of hydrogen-bond donors (Lipinski definition) is 1. The van der Waals surface area contributed by atoms with E-state index in [4.69, 9.17) is 0 Å². The van der Waals surface area contributed by atoms with E-state index in [0.717, 1.165) is 5.82 Å². The summed E-state index contributed by atoms with van der Waals surface area (Å²) in [7, 11) is 0. The van der Waals surface area contributed by atoms with Gasteiger partial charge in [0, 0.05) is 12.2 Å². The lowest BCUT2D eigenvalue weighted by molar-refractivity contribution is 0.584. The molecule has 1 heterocycles. The summed E-state index contributed by atoms with van der Waals surface area (Å²) in [6.07, 6.45) is 8.18. The molecule has 0 radical (unpaired) electrons. The summed E-state index contributed by atoms with van der Waals surface area (Å²) in [5.74, 6) is 0.937. The van der Waals surface area contributed by atoms with Gasteiger partial charge in [-0.25, -0.2) is 9.97 Å². The van der Waals surface area contributed by atoms with Crippen LogP contribution < -0.4 is 5.32 Å². The van der Waals surface area contributed by atoms with Crippen molar-refractivity contribution in [2.45, 2.75) is 45.6 Å². The van der Waals surface area contributed by atoms with Gasteiger partial charge in [-0.3, -0.25) is 0 Å². The molecule has 0 saturated heterocycles. The zero-order valence-corrected chi connectivity index (χ0v) is 9.03. The van der Waals surface area contributed by atoms with Crippen LogP contribution in [-0.2, 0) is 0 Å². The van der Waals surface area contributed by atoms with Gasteiger partial charge in [-0.1, -0.05) is 26.7 Å². The van der Waals surface area contributed by atoms with E-state index >= 15 is 0 Å². The summed E-state index contributed by atoms with van der Waals surface area (Å²) in [6, 6.07) is 2.47. The van der Waals surface area contributed by atoms with Gasteiger partial charge in [0.05, 0.1) is 0 Å². The third-order valence-electron chi connectivity index (χ3n) is 2.21. The summed E-state index contributed by atoms with van der Waals surface area (Å²) in [4.78, 5) is 8.05. The van der Waals surface area contributed by atoms with Crippen LogP contribution in [0.1, 0.15) is 39.5 Å². The second-order valence-electron chi connectivity index (χ2n) is 3.51. The predicted molar refractivity (Wildman–Crippen MR) is 59.3 cm³/mol. The molecule has 0 saturated carbocycles. The molecule has 0 spiro atoms. The minimum atomic E-state index is 0.555. The van der Waals surface area contributed by atoms with Crippen LogP contribution >= 0.6 is 0 Å². The molecular formula is C11H19N3. The number of nitrogens with zero attached hydrogens (tertiary/aromatic N) is 2. The average molecular weight is 193 g/mol. The molecule has 0 amide bonds.